The van der Waals surface area contributed by atoms with Gasteiger partial charge < -0.3 is 5.32 Å². The fourth-order valence-corrected chi connectivity index (χ4v) is 3.26. The molecule has 0 aliphatic rings. The Morgan fingerprint density at radius 3 is 2.65 bits per heavy atom. The van der Waals surface area contributed by atoms with Crippen molar-refractivity contribution in [2.45, 2.75) is 13.0 Å². The smallest absolute Gasteiger partial charge is 0.0931 e. The third-order valence-electron chi connectivity index (χ3n) is 2.39. The molecule has 2 rings (SSSR count). The Morgan fingerprint density at radius 1 is 1.29 bits per heavy atom. The highest BCUT2D eigenvalue weighted by atomic mass is 79.9. The van der Waals surface area contributed by atoms with Crippen LogP contribution in [0.25, 0.3) is 0 Å². The van der Waals surface area contributed by atoms with Crippen molar-refractivity contribution in [3.8, 4) is 0 Å². The van der Waals surface area contributed by atoms with Crippen molar-refractivity contribution in [1.82, 2.24) is 0 Å². The molecule has 0 saturated heterocycles. The molecule has 5 heteroatoms. The summed E-state index contributed by atoms with van der Waals surface area (Å²) in [5, 5.41) is 6.19. The Bertz CT molecular complexity index is 527. The lowest BCUT2D eigenvalue weighted by atomic mass is 10.1. The van der Waals surface area contributed by atoms with E-state index in [9.17, 15) is 0 Å². The largest absolute Gasteiger partial charge is 0.378 e. The van der Waals surface area contributed by atoms with Gasteiger partial charge in [-0.15, -0.1) is 11.3 Å². The van der Waals surface area contributed by atoms with Gasteiger partial charge in [-0.05, 0) is 58.1 Å². The zero-order valence-corrected chi connectivity index (χ0v) is 12.9. The summed E-state index contributed by atoms with van der Waals surface area (Å²) >= 11 is 16.8. The van der Waals surface area contributed by atoms with Gasteiger partial charge in [-0.2, -0.15) is 0 Å². The second-order valence-corrected chi connectivity index (χ2v) is 6.51. The molecule has 0 amide bonds. The highest BCUT2D eigenvalue weighted by Crippen LogP contribution is 2.31. The third-order valence-corrected chi connectivity index (χ3v) is 4.39. The predicted molar refractivity (Wildman–Crippen MR) is 80.5 cm³/mol. The summed E-state index contributed by atoms with van der Waals surface area (Å²) in [6, 6.07) is 7.88. The Hall–Kier alpha value is -0.220. The highest BCUT2D eigenvalue weighted by Gasteiger charge is 2.09. The minimum absolute atomic E-state index is 0.205. The summed E-state index contributed by atoms with van der Waals surface area (Å²) in [6.07, 6.45) is 0. The van der Waals surface area contributed by atoms with Crippen molar-refractivity contribution in [3.05, 3.63) is 49.0 Å². The predicted octanol–water partition coefficient (Wildman–Crippen LogP) is 5.99. The summed E-state index contributed by atoms with van der Waals surface area (Å²) in [7, 11) is 0. The summed E-state index contributed by atoms with van der Waals surface area (Å²) in [4.78, 5) is 0. The van der Waals surface area contributed by atoms with Gasteiger partial charge in [0.25, 0.3) is 0 Å². The molecule has 17 heavy (non-hydrogen) atoms. The van der Waals surface area contributed by atoms with Crippen LogP contribution in [0, 0.1) is 0 Å². The highest BCUT2D eigenvalue weighted by molar-refractivity contribution is 9.10. The van der Waals surface area contributed by atoms with E-state index in [-0.39, 0.29) is 6.04 Å². The van der Waals surface area contributed by atoms with E-state index in [2.05, 4.69) is 33.6 Å². The van der Waals surface area contributed by atoms with E-state index in [1.807, 2.05) is 24.3 Å². The first-order valence-electron chi connectivity index (χ1n) is 5.02. The number of thiophene rings is 1. The summed E-state index contributed by atoms with van der Waals surface area (Å²) < 4.78 is 1.77. The molecule has 90 valence electrons. The fourth-order valence-electron chi connectivity index (χ4n) is 1.47. The van der Waals surface area contributed by atoms with Gasteiger partial charge in [0.15, 0.2) is 0 Å². The normalized spacial score (nSPS) is 12.5. The van der Waals surface area contributed by atoms with Crippen LogP contribution in [0.15, 0.2) is 34.1 Å². The molecule has 1 aromatic heterocycles. The Labute approximate surface area is 123 Å². The quantitative estimate of drug-likeness (QED) is 0.716. The summed E-state index contributed by atoms with van der Waals surface area (Å²) in [5.41, 5.74) is 2.20. The average molecular weight is 351 g/mol. The Balaban J connectivity index is 2.15. The first kappa shape index (κ1) is 13.2. The van der Waals surface area contributed by atoms with Crippen LogP contribution in [0.5, 0.6) is 0 Å². The van der Waals surface area contributed by atoms with Gasteiger partial charge in [-0.25, -0.2) is 0 Å². The van der Waals surface area contributed by atoms with Crippen molar-refractivity contribution < 1.29 is 0 Å². The molecule has 0 bridgehead atoms. The SMILES string of the molecule is CC(Nc1ccc(Cl)cc1Br)c1csc(Cl)c1. The van der Waals surface area contributed by atoms with Crippen molar-refractivity contribution in [3.63, 3.8) is 0 Å². The number of hydrogen-bond acceptors (Lipinski definition) is 2. The van der Waals surface area contributed by atoms with E-state index in [0.29, 0.717) is 5.02 Å². The number of nitrogens with one attached hydrogen (secondary N) is 1. The molecule has 1 aromatic carbocycles. The van der Waals surface area contributed by atoms with E-state index in [1.54, 1.807) is 11.3 Å². The lowest BCUT2D eigenvalue weighted by Gasteiger charge is -2.15. The van der Waals surface area contributed by atoms with Crippen LogP contribution in [0.1, 0.15) is 18.5 Å². The molecule has 1 atom stereocenters. The maximum absolute atomic E-state index is 5.92. The average Bonchev–Trinajstić information content (AvgIpc) is 2.69. The lowest BCUT2D eigenvalue weighted by Crippen LogP contribution is -2.05. The second kappa shape index (κ2) is 5.61. The van der Waals surface area contributed by atoms with E-state index < -0.39 is 0 Å². The minimum Gasteiger partial charge on any atom is -0.378 e. The monoisotopic (exact) mass is 349 g/mol. The van der Waals surface area contributed by atoms with E-state index in [1.165, 1.54) is 5.56 Å². The molecule has 0 aliphatic carbocycles. The van der Waals surface area contributed by atoms with Gasteiger partial charge >= 0.3 is 0 Å². The number of benzene rings is 1. The van der Waals surface area contributed by atoms with Crippen molar-refractivity contribution in [2.75, 3.05) is 5.32 Å². The minimum atomic E-state index is 0.205. The molecule has 1 N–H and O–H groups in total. The van der Waals surface area contributed by atoms with Gasteiger partial charge in [-0.1, -0.05) is 23.2 Å². The van der Waals surface area contributed by atoms with Crippen LogP contribution in [0.2, 0.25) is 9.36 Å². The van der Waals surface area contributed by atoms with E-state index >= 15 is 0 Å². The number of rotatable bonds is 3. The molecular formula is C12H10BrCl2NS. The van der Waals surface area contributed by atoms with Gasteiger partial charge in [0.2, 0.25) is 0 Å². The molecule has 0 saturated carbocycles. The molecule has 0 fully saturated rings. The molecule has 1 unspecified atom stereocenters. The third kappa shape index (κ3) is 3.38. The zero-order chi connectivity index (χ0) is 12.4. The van der Waals surface area contributed by atoms with Gasteiger partial charge in [0.05, 0.1) is 4.34 Å². The first-order valence-corrected chi connectivity index (χ1v) is 7.44. The molecule has 1 heterocycles. The first-order chi connectivity index (χ1) is 8.06. The molecular weight excluding hydrogens is 341 g/mol. The summed E-state index contributed by atoms with van der Waals surface area (Å²) in [6.45, 7) is 2.10. The fraction of sp³-hybridized carbons (Fsp3) is 0.167. The number of anilines is 1. The van der Waals surface area contributed by atoms with Crippen LogP contribution in [-0.4, -0.2) is 0 Å². The second-order valence-electron chi connectivity index (χ2n) is 3.67. The number of hydrogen-bond donors (Lipinski definition) is 1. The van der Waals surface area contributed by atoms with Crippen LogP contribution in [0.3, 0.4) is 0 Å². The maximum Gasteiger partial charge on any atom is 0.0931 e. The number of halogens is 3. The molecule has 1 nitrogen and oxygen atoms in total. The van der Waals surface area contributed by atoms with Crippen LogP contribution in [0.4, 0.5) is 5.69 Å². The molecule has 0 spiro atoms. The lowest BCUT2D eigenvalue weighted by molar-refractivity contribution is 0.889. The molecule has 0 aliphatic heterocycles. The molecule has 0 radical (unpaired) electrons. The zero-order valence-electron chi connectivity index (χ0n) is 9.01. The van der Waals surface area contributed by atoms with Crippen molar-refractivity contribution in [1.29, 1.82) is 0 Å². The Kier molecular flexibility index (Phi) is 4.36. The van der Waals surface area contributed by atoms with Crippen LogP contribution in [-0.2, 0) is 0 Å². The molecule has 2 aromatic rings. The van der Waals surface area contributed by atoms with Crippen molar-refractivity contribution in [2.24, 2.45) is 0 Å². The van der Waals surface area contributed by atoms with Gasteiger partial charge in [0, 0.05) is 21.2 Å². The topological polar surface area (TPSA) is 12.0 Å². The van der Waals surface area contributed by atoms with E-state index in [4.69, 9.17) is 23.2 Å². The van der Waals surface area contributed by atoms with Crippen LogP contribution >= 0.6 is 50.5 Å². The summed E-state index contributed by atoms with van der Waals surface area (Å²) in [5.74, 6) is 0. The standard InChI is InChI=1S/C12H10BrCl2NS/c1-7(8-4-12(15)17-6-8)16-11-3-2-9(14)5-10(11)13/h2-7,16H,1H3. The van der Waals surface area contributed by atoms with E-state index in [0.717, 1.165) is 14.5 Å². The van der Waals surface area contributed by atoms with Crippen molar-refractivity contribution >= 4 is 56.2 Å². The Morgan fingerprint density at radius 2 is 2.06 bits per heavy atom. The maximum atomic E-state index is 5.92. The van der Waals surface area contributed by atoms with Gasteiger partial charge in [0.1, 0.15) is 0 Å². The van der Waals surface area contributed by atoms with Gasteiger partial charge in [-0.3, -0.25) is 0 Å². The van der Waals surface area contributed by atoms with Crippen LogP contribution < -0.4 is 5.32 Å².